The summed E-state index contributed by atoms with van der Waals surface area (Å²) in [4.78, 5) is 28.9. The lowest BCUT2D eigenvalue weighted by Crippen LogP contribution is -2.37. The molecule has 8 heteroatoms. The molecule has 0 atom stereocenters. The fourth-order valence-electron chi connectivity index (χ4n) is 2.57. The molecule has 3 rings (SSSR count). The quantitative estimate of drug-likeness (QED) is 0.777. The molecule has 0 spiro atoms. The Morgan fingerprint density at radius 1 is 1.12 bits per heavy atom. The normalized spacial score (nSPS) is 10.9. The summed E-state index contributed by atoms with van der Waals surface area (Å²) in [6, 6.07) is 7.08. The topological polar surface area (TPSA) is 64.0 Å². The number of hydrogen-bond donors (Lipinski definition) is 1. The lowest BCUT2D eigenvalue weighted by molar-refractivity contribution is -0.116. The van der Waals surface area contributed by atoms with Gasteiger partial charge in [0.2, 0.25) is 5.91 Å². The third kappa shape index (κ3) is 3.30. The van der Waals surface area contributed by atoms with Crippen LogP contribution < -0.4 is 11.0 Å². The fraction of sp³-hybridized carbons (Fsp3) is 0.167. The van der Waals surface area contributed by atoms with E-state index in [0.717, 1.165) is 16.8 Å². The fourth-order valence-corrected chi connectivity index (χ4v) is 2.57. The van der Waals surface area contributed by atoms with Crippen LogP contribution in [0.3, 0.4) is 0 Å². The molecule has 5 nitrogen and oxygen atoms in total. The molecular weight excluding hydrogens is 347 g/mol. The molecule has 2 aromatic carbocycles. The summed E-state index contributed by atoms with van der Waals surface area (Å²) in [6.45, 7) is 1.70. The van der Waals surface area contributed by atoms with Crippen molar-refractivity contribution < 1.29 is 18.0 Å². The summed E-state index contributed by atoms with van der Waals surface area (Å²) in [5.74, 6) is -3.16. The van der Waals surface area contributed by atoms with E-state index in [2.05, 4.69) is 10.4 Å². The number of halogens is 3. The highest BCUT2D eigenvalue weighted by molar-refractivity contribution is 5.86. The van der Waals surface area contributed by atoms with Crippen molar-refractivity contribution in [1.29, 1.82) is 0 Å². The molecule has 1 N–H and O–H groups in total. The van der Waals surface area contributed by atoms with Gasteiger partial charge in [-0.15, -0.1) is 0 Å². The van der Waals surface area contributed by atoms with Crippen molar-refractivity contribution in [3.8, 4) is 0 Å². The van der Waals surface area contributed by atoms with Crippen molar-refractivity contribution in [3.63, 3.8) is 0 Å². The van der Waals surface area contributed by atoms with E-state index in [-0.39, 0.29) is 35.1 Å². The molecule has 1 amide bonds. The molecule has 1 aromatic heterocycles. The monoisotopic (exact) mass is 361 g/mol. The number of aromatic nitrogens is 2. The molecule has 1 heterocycles. The van der Waals surface area contributed by atoms with Crippen molar-refractivity contribution in [3.05, 3.63) is 75.6 Å². The first-order valence-electron chi connectivity index (χ1n) is 7.84. The molecule has 0 aliphatic rings. The minimum Gasteiger partial charge on any atom is -0.273 e. The maximum Gasteiger partial charge on any atom is 0.280 e. The van der Waals surface area contributed by atoms with Gasteiger partial charge in [0.25, 0.3) is 5.56 Å². The van der Waals surface area contributed by atoms with E-state index in [4.69, 9.17) is 0 Å². The number of nitrogens with zero attached hydrogens (tertiary/aromatic N) is 2. The number of fused-ring (bicyclic) bond motifs is 1. The van der Waals surface area contributed by atoms with Crippen molar-refractivity contribution in [2.75, 3.05) is 5.43 Å². The molecule has 134 valence electrons. The van der Waals surface area contributed by atoms with Crippen molar-refractivity contribution in [2.24, 2.45) is 0 Å². The highest BCUT2D eigenvalue weighted by Gasteiger charge is 2.15. The van der Waals surface area contributed by atoms with Gasteiger partial charge in [-0.1, -0.05) is 19.1 Å². The molecule has 0 saturated carbocycles. The molecule has 0 unspecified atom stereocenters. The largest absolute Gasteiger partial charge is 0.280 e. The Hall–Kier alpha value is -3.16. The van der Waals surface area contributed by atoms with Crippen LogP contribution in [-0.4, -0.2) is 15.6 Å². The van der Waals surface area contributed by atoms with Gasteiger partial charge in [0, 0.05) is 6.42 Å². The second-order valence-electron chi connectivity index (χ2n) is 5.62. The first kappa shape index (κ1) is 17.7. The van der Waals surface area contributed by atoms with Gasteiger partial charge in [-0.2, -0.15) is 0 Å². The van der Waals surface area contributed by atoms with Crippen LogP contribution in [-0.2, 0) is 17.6 Å². The van der Waals surface area contributed by atoms with E-state index in [1.807, 2.05) is 0 Å². The zero-order chi connectivity index (χ0) is 18.8. The number of benzene rings is 2. The number of rotatable bonds is 4. The minimum absolute atomic E-state index is 0.0235. The van der Waals surface area contributed by atoms with Crippen LogP contribution in [0.5, 0.6) is 0 Å². The minimum atomic E-state index is -1.07. The number of carbonyl (C=O) groups excluding carboxylic acids is 1. The summed E-state index contributed by atoms with van der Waals surface area (Å²) < 4.78 is 41.0. The maximum atomic E-state index is 13.9. The number of aryl methyl sites for hydroxylation is 1. The predicted molar refractivity (Wildman–Crippen MR) is 89.8 cm³/mol. The third-order valence-electron chi connectivity index (χ3n) is 3.82. The molecule has 3 aromatic rings. The summed E-state index contributed by atoms with van der Waals surface area (Å²) >= 11 is 0. The number of carbonyl (C=O) groups is 1. The summed E-state index contributed by atoms with van der Waals surface area (Å²) in [5, 5.41) is 0.0235. The molecule has 26 heavy (non-hydrogen) atoms. The summed E-state index contributed by atoms with van der Waals surface area (Å²) in [6.07, 6.45) is -0.00104. The molecule has 0 aliphatic heterocycles. The van der Waals surface area contributed by atoms with Gasteiger partial charge in [0.1, 0.15) is 17.2 Å². The van der Waals surface area contributed by atoms with Crippen LogP contribution >= 0.6 is 0 Å². The van der Waals surface area contributed by atoms with Crippen LogP contribution in [0.2, 0.25) is 0 Å². The Kier molecular flexibility index (Phi) is 4.75. The van der Waals surface area contributed by atoms with E-state index in [9.17, 15) is 22.8 Å². The smallest absolute Gasteiger partial charge is 0.273 e. The number of amides is 1. The average Bonchev–Trinajstić information content (AvgIpc) is 2.61. The van der Waals surface area contributed by atoms with Crippen molar-refractivity contribution in [2.45, 2.75) is 19.8 Å². The van der Waals surface area contributed by atoms with Gasteiger partial charge >= 0.3 is 0 Å². The number of hydrogen-bond acceptors (Lipinski definition) is 3. The second kappa shape index (κ2) is 6.99. The third-order valence-corrected chi connectivity index (χ3v) is 3.82. The Morgan fingerprint density at radius 2 is 1.88 bits per heavy atom. The Labute approximate surface area is 146 Å². The second-order valence-corrected chi connectivity index (χ2v) is 5.62. The zero-order valence-electron chi connectivity index (χ0n) is 13.7. The van der Waals surface area contributed by atoms with E-state index in [1.165, 1.54) is 24.3 Å². The van der Waals surface area contributed by atoms with Gasteiger partial charge in [-0.25, -0.2) is 22.8 Å². The Balaban J connectivity index is 1.94. The molecule has 0 bridgehead atoms. The number of nitrogens with one attached hydrogen (secondary N) is 1. The maximum absolute atomic E-state index is 13.9. The zero-order valence-corrected chi connectivity index (χ0v) is 13.7. The van der Waals surface area contributed by atoms with E-state index in [0.29, 0.717) is 0 Å². The van der Waals surface area contributed by atoms with Crippen LogP contribution in [0.1, 0.15) is 18.3 Å². The molecular formula is C18H14F3N3O2. The van der Waals surface area contributed by atoms with E-state index < -0.39 is 28.9 Å². The van der Waals surface area contributed by atoms with Gasteiger partial charge in [-0.3, -0.25) is 15.0 Å². The standard InChI is InChI=1S/C18H14F3N3O2/c1-2-15-22-17-11(4-3-5-13(17)20)18(26)24(15)23-16(25)9-10-6-7-12(19)14(21)8-10/h3-8H,2,9H2,1H3,(H,23,25). The van der Waals surface area contributed by atoms with Crippen LogP contribution in [0.15, 0.2) is 41.2 Å². The summed E-state index contributed by atoms with van der Waals surface area (Å²) in [5.41, 5.74) is 1.94. The van der Waals surface area contributed by atoms with E-state index >= 15 is 0 Å². The van der Waals surface area contributed by atoms with Gasteiger partial charge in [0.05, 0.1) is 11.8 Å². The molecule has 0 radical (unpaired) electrons. The van der Waals surface area contributed by atoms with Gasteiger partial charge < -0.3 is 0 Å². The highest BCUT2D eigenvalue weighted by atomic mass is 19.2. The molecule has 0 aliphatic carbocycles. The Morgan fingerprint density at radius 3 is 2.58 bits per heavy atom. The number of para-hydroxylation sites is 1. The SMILES string of the molecule is CCc1nc2c(F)cccc2c(=O)n1NC(=O)Cc1ccc(F)c(F)c1. The van der Waals surface area contributed by atoms with E-state index in [1.54, 1.807) is 6.92 Å². The lowest BCUT2D eigenvalue weighted by atomic mass is 10.1. The first-order valence-corrected chi connectivity index (χ1v) is 7.84. The Bertz CT molecular complexity index is 1060. The first-order chi connectivity index (χ1) is 12.4. The summed E-state index contributed by atoms with van der Waals surface area (Å²) in [7, 11) is 0. The average molecular weight is 361 g/mol. The van der Waals surface area contributed by atoms with Crippen molar-refractivity contribution >= 4 is 16.8 Å². The highest BCUT2D eigenvalue weighted by Crippen LogP contribution is 2.13. The predicted octanol–water partition coefficient (Wildman–Crippen LogP) is 2.69. The lowest BCUT2D eigenvalue weighted by Gasteiger charge is -2.13. The van der Waals surface area contributed by atoms with Crippen LogP contribution in [0.4, 0.5) is 13.2 Å². The molecule has 0 saturated heterocycles. The van der Waals surface area contributed by atoms with Gasteiger partial charge in [0.15, 0.2) is 11.6 Å². The van der Waals surface area contributed by atoms with Crippen molar-refractivity contribution in [1.82, 2.24) is 9.66 Å². The van der Waals surface area contributed by atoms with Crippen LogP contribution in [0, 0.1) is 17.5 Å². The van der Waals surface area contributed by atoms with Crippen LogP contribution in [0.25, 0.3) is 10.9 Å². The van der Waals surface area contributed by atoms with Gasteiger partial charge in [-0.05, 0) is 29.8 Å². The molecule has 0 fully saturated rings.